The summed E-state index contributed by atoms with van der Waals surface area (Å²) in [6.07, 6.45) is -10.3. The smallest absolute Gasteiger partial charge is 0.416 e. The van der Waals surface area contributed by atoms with Gasteiger partial charge in [-0.15, -0.1) is 0 Å². The minimum Gasteiger partial charge on any atom is -0.463 e. The summed E-state index contributed by atoms with van der Waals surface area (Å²) in [5, 5.41) is 0. The van der Waals surface area contributed by atoms with Crippen LogP contribution in [0.5, 0.6) is 0 Å². The first kappa shape index (κ1) is 18.1. The van der Waals surface area contributed by atoms with Gasteiger partial charge in [0.05, 0.1) is 17.7 Å². The maximum atomic E-state index is 12.7. The van der Waals surface area contributed by atoms with E-state index in [0.29, 0.717) is 12.1 Å². The average Bonchev–Trinajstić information content (AvgIpc) is 2.36. The Labute approximate surface area is 122 Å². The first-order valence-corrected chi connectivity index (χ1v) is 6.08. The van der Waals surface area contributed by atoms with Crippen LogP contribution in [0.1, 0.15) is 23.6 Å². The van der Waals surface area contributed by atoms with Gasteiger partial charge in [0.15, 0.2) is 0 Å². The molecule has 8 heteroatoms. The summed E-state index contributed by atoms with van der Waals surface area (Å²) < 4.78 is 80.6. The zero-order chi connectivity index (χ0) is 17.1. The van der Waals surface area contributed by atoms with Crippen molar-refractivity contribution >= 4 is 5.97 Å². The van der Waals surface area contributed by atoms with Gasteiger partial charge in [0, 0.05) is 12.0 Å². The number of carbonyl (C=O) groups excluding carboxylic acids is 1. The molecule has 122 valence electrons. The van der Waals surface area contributed by atoms with E-state index in [2.05, 4.69) is 11.3 Å². The normalized spacial score (nSPS) is 12.1. The van der Waals surface area contributed by atoms with E-state index < -0.39 is 35.9 Å². The largest absolute Gasteiger partial charge is 0.463 e. The van der Waals surface area contributed by atoms with Crippen LogP contribution in [-0.4, -0.2) is 12.6 Å². The Morgan fingerprint density at radius 1 is 1.05 bits per heavy atom. The maximum Gasteiger partial charge on any atom is 0.416 e. The summed E-state index contributed by atoms with van der Waals surface area (Å²) in [4.78, 5) is 11.3. The van der Waals surface area contributed by atoms with Crippen molar-refractivity contribution in [2.24, 2.45) is 0 Å². The van der Waals surface area contributed by atoms with E-state index in [1.54, 1.807) is 0 Å². The molecular weight excluding hydrogens is 314 g/mol. The van der Waals surface area contributed by atoms with Gasteiger partial charge < -0.3 is 4.74 Å². The van der Waals surface area contributed by atoms with Gasteiger partial charge in [-0.25, -0.2) is 4.79 Å². The number of rotatable bonds is 4. The summed E-state index contributed by atoms with van der Waals surface area (Å²) >= 11 is 0. The Morgan fingerprint density at radius 3 is 1.86 bits per heavy atom. The highest BCUT2D eigenvalue weighted by Crippen LogP contribution is 2.36. The van der Waals surface area contributed by atoms with Crippen molar-refractivity contribution in [2.45, 2.75) is 25.7 Å². The van der Waals surface area contributed by atoms with Crippen molar-refractivity contribution in [1.29, 1.82) is 0 Å². The predicted molar refractivity (Wildman–Crippen MR) is 65.9 cm³/mol. The van der Waals surface area contributed by atoms with Gasteiger partial charge in [0.1, 0.15) is 0 Å². The molecule has 0 spiro atoms. The van der Waals surface area contributed by atoms with Gasteiger partial charge in [-0.2, -0.15) is 26.3 Å². The lowest BCUT2D eigenvalue weighted by Crippen LogP contribution is -2.13. The van der Waals surface area contributed by atoms with Crippen LogP contribution in [0.25, 0.3) is 0 Å². The summed E-state index contributed by atoms with van der Waals surface area (Å²) in [6.45, 7) is 4.85. The molecule has 1 aromatic carbocycles. The Kier molecular flexibility index (Phi) is 5.26. The van der Waals surface area contributed by atoms with Crippen molar-refractivity contribution < 1.29 is 35.9 Å². The molecule has 0 bridgehead atoms. The van der Waals surface area contributed by atoms with Crippen LogP contribution in [0.2, 0.25) is 0 Å². The van der Waals surface area contributed by atoms with Crippen LogP contribution >= 0.6 is 0 Å². The predicted octanol–water partition coefficient (Wildman–Crippen LogP) is 4.39. The van der Waals surface area contributed by atoms with Crippen LogP contribution in [-0.2, 0) is 28.3 Å². The van der Waals surface area contributed by atoms with Crippen LogP contribution in [0.4, 0.5) is 26.3 Å². The molecule has 0 aromatic heterocycles. The van der Waals surface area contributed by atoms with Crippen LogP contribution < -0.4 is 0 Å². The van der Waals surface area contributed by atoms with E-state index in [1.807, 2.05) is 0 Å². The molecule has 0 saturated carbocycles. The lowest BCUT2D eigenvalue weighted by molar-refractivity contribution is -0.143. The van der Waals surface area contributed by atoms with Crippen molar-refractivity contribution in [3.8, 4) is 0 Å². The zero-order valence-corrected chi connectivity index (χ0v) is 11.4. The highest BCUT2D eigenvalue weighted by Gasteiger charge is 2.36. The lowest BCUT2D eigenvalue weighted by atomic mass is 10.00. The first-order chi connectivity index (χ1) is 9.95. The summed E-state index contributed by atoms with van der Waals surface area (Å²) in [5.74, 6) is -0.867. The third-order valence-corrected chi connectivity index (χ3v) is 2.63. The van der Waals surface area contributed by atoms with Gasteiger partial charge in [-0.1, -0.05) is 6.58 Å². The summed E-state index contributed by atoms with van der Waals surface area (Å²) in [7, 11) is 0. The Balaban J connectivity index is 3.19. The molecule has 0 fully saturated rings. The Morgan fingerprint density at radius 2 is 1.50 bits per heavy atom. The number of hydrogen-bond acceptors (Lipinski definition) is 2. The molecule has 0 aliphatic rings. The fraction of sp³-hybridized carbons (Fsp3) is 0.357. The third kappa shape index (κ3) is 4.78. The van der Waals surface area contributed by atoms with Crippen molar-refractivity contribution in [1.82, 2.24) is 0 Å². The monoisotopic (exact) mass is 326 g/mol. The molecule has 1 aromatic rings. The van der Waals surface area contributed by atoms with Crippen LogP contribution in [0.3, 0.4) is 0 Å². The van der Waals surface area contributed by atoms with E-state index in [0.717, 1.165) is 0 Å². The SMILES string of the molecule is C=C(Cc1cc(C(F)(F)F)cc(C(F)(F)F)c1)C(=O)OCC. The molecule has 22 heavy (non-hydrogen) atoms. The molecule has 0 heterocycles. The van der Waals surface area contributed by atoms with Gasteiger partial charge in [0.25, 0.3) is 0 Å². The van der Waals surface area contributed by atoms with Crippen LogP contribution in [0, 0.1) is 0 Å². The number of hydrogen-bond donors (Lipinski definition) is 0. The van der Waals surface area contributed by atoms with Gasteiger partial charge in [0.2, 0.25) is 0 Å². The summed E-state index contributed by atoms with van der Waals surface area (Å²) in [6, 6.07) is 1.13. The number of ether oxygens (including phenoxy) is 1. The second kappa shape index (κ2) is 6.41. The van der Waals surface area contributed by atoms with Crippen molar-refractivity contribution in [3.05, 3.63) is 47.0 Å². The van der Waals surface area contributed by atoms with E-state index >= 15 is 0 Å². The first-order valence-electron chi connectivity index (χ1n) is 6.08. The minimum absolute atomic E-state index is 0.0221. The number of benzene rings is 1. The molecule has 2 nitrogen and oxygen atoms in total. The molecule has 0 unspecified atom stereocenters. The van der Waals surface area contributed by atoms with Crippen LogP contribution in [0.15, 0.2) is 30.4 Å². The molecule has 0 N–H and O–H groups in total. The maximum absolute atomic E-state index is 12.7. The minimum atomic E-state index is -4.93. The summed E-state index contributed by atoms with van der Waals surface area (Å²) in [5.41, 5.74) is -3.42. The number of halogens is 6. The van der Waals surface area contributed by atoms with E-state index in [-0.39, 0.29) is 23.8 Å². The lowest BCUT2D eigenvalue weighted by Gasteiger charge is -2.14. The zero-order valence-electron chi connectivity index (χ0n) is 11.4. The van der Waals surface area contributed by atoms with Crippen molar-refractivity contribution in [2.75, 3.05) is 6.61 Å². The van der Waals surface area contributed by atoms with E-state index in [4.69, 9.17) is 0 Å². The molecule has 0 amide bonds. The van der Waals surface area contributed by atoms with Gasteiger partial charge in [-0.3, -0.25) is 0 Å². The third-order valence-electron chi connectivity index (χ3n) is 2.63. The second-order valence-corrected chi connectivity index (χ2v) is 4.41. The highest BCUT2D eigenvalue weighted by atomic mass is 19.4. The molecule has 0 aliphatic carbocycles. The highest BCUT2D eigenvalue weighted by molar-refractivity contribution is 5.88. The Hall–Kier alpha value is -1.99. The second-order valence-electron chi connectivity index (χ2n) is 4.41. The van der Waals surface area contributed by atoms with Gasteiger partial charge in [-0.05, 0) is 30.7 Å². The quantitative estimate of drug-likeness (QED) is 0.466. The van der Waals surface area contributed by atoms with E-state index in [9.17, 15) is 31.1 Å². The fourth-order valence-corrected chi connectivity index (χ4v) is 1.67. The number of alkyl halides is 6. The topological polar surface area (TPSA) is 26.3 Å². The molecule has 0 radical (unpaired) electrons. The molecule has 0 aliphatic heterocycles. The fourth-order valence-electron chi connectivity index (χ4n) is 1.67. The van der Waals surface area contributed by atoms with Crippen molar-refractivity contribution in [3.63, 3.8) is 0 Å². The van der Waals surface area contributed by atoms with Gasteiger partial charge >= 0.3 is 18.3 Å². The number of esters is 1. The standard InChI is InChI=1S/C14H12F6O2/c1-3-22-12(21)8(2)4-9-5-10(13(15,16)17)7-11(6-9)14(18,19)20/h5-7H,2-4H2,1H3. The number of carbonyl (C=O) groups is 1. The molecular formula is C14H12F6O2. The molecule has 0 saturated heterocycles. The van der Waals surface area contributed by atoms with E-state index in [1.165, 1.54) is 6.92 Å². The Bertz CT molecular complexity index is 539. The average molecular weight is 326 g/mol. The molecule has 0 atom stereocenters. The molecule has 1 rings (SSSR count).